The first-order chi connectivity index (χ1) is 18.4. The van der Waals surface area contributed by atoms with Crippen LogP contribution in [0.1, 0.15) is 68.8 Å². The zero-order valence-corrected chi connectivity index (χ0v) is 21.2. The molecule has 0 radical (unpaired) electrons. The lowest BCUT2D eigenvalue weighted by Crippen LogP contribution is -2.53. The Labute approximate surface area is 222 Å². The Morgan fingerprint density at radius 1 is 1.15 bits per heavy atom. The molecule has 6 atom stereocenters. The largest absolute Gasteiger partial charge is 0.507 e. The molecule has 208 valence electrons. The second kappa shape index (κ2) is 9.66. The Kier molecular flexibility index (Phi) is 6.74. The normalized spacial score (nSPS) is 29.8. The van der Waals surface area contributed by atoms with Crippen LogP contribution in [0.5, 0.6) is 17.2 Å². The smallest absolute Gasteiger partial charge is 0.202 e. The van der Waals surface area contributed by atoms with Gasteiger partial charge in [-0.3, -0.25) is 14.4 Å². The van der Waals surface area contributed by atoms with E-state index in [4.69, 9.17) is 19.9 Å². The van der Waals surface area contributed by atoms with Gasteiger partial charge in [-0.2, -0.15) is 0 Å². The molecule has 12 heteroatoms. The molecule has 39 heavy (non-hydrogen) atoms. The van der Waals surface area contributed by atoms with Gasteiger partial charge in [-0.05, 0) is 13.0 Å². The molecule has 2 aliphatic carbocycles. The number of methoxy groups -OCH3 is 1. The lowest BCUT2D eigenvalue weighted by Gasteiger charge is -2.42. The lowest BCUT2D eigenvalue weighted by molar-refractivity contribution is -0.247. The molecule has 2 aromatic carbocycles. The molecular formula is C27H29NO11. The molecule has 0 amide bonds. The van der Waals surface area contributed by atoms with Crippen LogP contribution in [-0.4, -0.2) is 86.7 Å². The fourth-order valence-electron chi connectivity index (χ4n) is 5.75. The monoisotopic (exact) mass is 543 g/mol. The summed E-state index contributed by atoms with van der Waals surface area (Å²) in [7, 11) is 1.32. The maximum Gasteiger partial charge on any atom is 0.202 e. The zero-order valence-electron chi connectivity index (χ0n) is 21.2. The number of phenols is 2. The van der Waals surface area contributed by atoms with E-state index in [1.807, 2.05) is 0 Å². The highest BCUT2D eigenvalue weighted by Crippen LogP contribution is 2.52. The van der Waals surface area contributed by atoms with E-state index in [0.717, 1.165) is 0 Å². The molecule has 0 saturated carbocycles. The van der Waals surface area contributed by atoms with Crippen LogP contribution in [0.25, 0.3) is 0 Å². The first-order valence-electron chi connectivity index (χ1n) is 12.4. The fourth-order valence-corrected chi connectivity index (χ4v) is 5.75. The molecule has 7 N–H and O–H groups in total. The average molecular weight is 544 g/mol. The summed E-state index contributed by atoms with van der Waals surface area (Å²) in [6, 6.07) is 3.64. The van der Waals surface area contributed by atoms with Gasteiger partial charge < -0.3 is 45.5 Å². The molecule has 5 rings (SSSR count). The van der Waals surface area contributed by atoms with Crippen LogP contribution < -0.4 is 10.5 Å². The highest BCUT2D eigenvalue weighted by Gasteiger charge is 2.50. The number of ether oxygens (including phenoxy) is 3. The van der Waals surface area contributed by atoms with Gasteiger partial charge in [0, 0.05) is 42.0 Å². The summed E-state index contributed by atoms with van der Waals surface area (Å²) < 4.78 is 17.0. The second-order valence-corrected chi connectivity index (χ2v) is 10.2. The highest BCUT2D eigenvalue weighted by molar-refractivity contribution is 6.31. The van der Waals surface area contributed by atoms with Gasteiger partial charge in [0.05, 0.1) is 42.1 Å². The molecule has 1 saturated heterocycles. The topological polar surface area (TPSA) is 206 Å². The van der Waals surface area contributed by atoms with E-state index in [0.29, 0.717) is 0 Å². The third-order valence-corrected chi connectivity index (χ3v) is 7.81. The fraction of sp³-hybridized carbons (Fsp3) is 0.444. The van der Waals surface area contributed by atoms with Gasteiger partial charge in [0.25, 0.3) is 0 Å². The Hall–Kier alpha value is -3.39. The molecule has 0 bridgehead atoms. The summed E-state index contributed by atoms with van der Waals surface area (Å²) in [6.45, 7) is 0.560. The van der Waals surface area contributed by atoms with Gasteiger partial charge in [0.1, 0.15) is 29.5 Å². The number of aliphatic hydroxyl groups is 3. The maximum atomic E-state index is 13.6. The molecule has 0 spiro atoms. The maximum absolute atomic E-state index is 13.6. The quantitative estimate of drug-likeness (QED) is 0.235. The standard InChI is InChI=1S/C27H29NO11/c1-10-22(31)13(28)6-17(38-10)39-15-8-27(36,16(30)9-29)7-12-19(15)26(35)21-20(24(12)33)23(32)11-4-3-5-14(37-2)18(11)25(21)34/h3-5,10,13,15,17,22,29,31,33,35-36H,6-9,28H2,1-2H3/t10-,13?,15-,17-,22-,27-/m0/s1. The number of ketones is 3. The van der Waals surface area contributed by atoms with Crippen molar-refractivity contribution in [3.63, 3.8) is 0 Å². The van der Waals surface area contributed by atoms with Crippen molar-refractivity contribution in [3.8, 4) is 17.2 Å². The molecule has 3 aliphatic rings. The van der Waals surface area contributed by atoms with E-state index in [1.54, 1.807) is 6.92 Å². The van der Waals surface area contributed by atoms with E-state index in [9.17, 15) is 39.9 Å². The van der Waals surface area contributed by atoms with E-state index in [-0.39, 0.29) is 34.4 Å². The molecule has 12 nitrogen and oxygen atoms in total. The van der Waals surface area contributed by atoms with Crippen LogP contribution in [0.3, 0.4) is 0 Å². The summed E-state index contributed by atoms with van der Waals surface area (Å²) in [5.41, 5.74) is 2.37. The Morgan fingerprint density at radius 3 is 2.49 bits per heavy atom. The molecular weight excluding hydrogens is 514 g/mol. The molecule has 0 aromatic heterocycles. The number of benzene rings is 2. The third kappa shape index (κ3) is 4.11. The van der Waals surface area contributed by atoms with Gasteiger partial charge in [-0.15, -0.1) is 0 Å². The Morgan fingerprint density at radius 2 is 1.85 bits per heavy atom. The molecule has 2 aromatic rings. The summed E-state index contributed by atoms with van der Waals surface area (Å²) >= 11 is 0. The summed E-state index contributed by atoms with van der Waals surface area (Å²) in [4.78, 5) is 39.7. The number of rotatable bonds is 5. The summed E-state index contributed by atoms with van der Waals surface area (Å²) in [6.07, 6.45) is -5.12. The molecule has 1 fully saturated rings. The first kappa shape index (κ1) is 27.2. The van der Waals surface area contributed by atoms with Crippen LogP contribution in [0.2, 0.25) is 0 Å². The van der Waals surface area contributed by atoms with Crippen molar-refractivity contribution in [2.24, 2.45) is 5.73 Å². The number of nitrogens with two attached hydrogens (primary N) is 1. The number of fused-ring (bicyclic) bond motifs is 3. The van der Waals surface area contributed by atoms with Crippen LogP contribution in [0.15, 0.2) is 18.2 Å². The molecule has 1 aliphatic heterocycles. The predicted molar refractivity (Wildman–Crippen MR) is 132 cm³/mol. The lowest BCUT2D eigenvalue weighted by atomic mass is 9.72. The van der Waals surface area contributed by atoms with Crippen LogP contribution in [0.4, 0.5) is 0 Å². The van der Waals surface area contributed by atoms with Crippen molar-refractivity contribution in [1.29, 1.82) is 0 Å². The predicted octanol–water partition coefficient (Wildman–Crippen LogP) is 0.00130. The minimum Gasteiger partial charge on any atom is -0.507 e. The molecule has 1 unspecified atom stereocenters. The van der Waals surface area contributed by atoms with E-state index in [1.165, 1.54) is 25.3 Å². The van der Waals surface area contributed by atoms with Crippen LogP contribution in [-0.2, 0) is 20.7 Å². The van der Waals surface area contributed by atoms with Crippen molar-refractivity contribution in [3.05, 3.63) is 51.6 Å². The summed E-state index contributed by atoms with van der Waals surface area (Å²) in [5, 5.41) is 53.7. The number of aliphatic hydroxyl groups excluding tert-OH is 2. The van der Waals surface area contributed by atoms with E-state index >= 15 is 0 Å². The first-order valence-corrected chi connectivity index (χ1v) is 12.4. The van der Waals surface area contributed by atoms with Crippen LogP contribution >= 0.6 is 0 Å². The Bertz CT molecular complexity index is 1380. The highest BCUT2D eigenvalue weighted by atomic mass is 16.7. The SMILES string of the molecule is COc1cccc2c1C(=O)c1c(O)c3c(c(O)c1C2=O)C[C@@](O)(C(=O)CO)C[C@@H]3O[C@H]1CC(N)[C@@H](O)[C@H](C)O1. The number of hydrogen-bond donors (Lipinski definition) is 6. The zero-order chi connectivity index (χ0) is 28.4. The number of aromatic hydroxyl groups is 2. The van der Waals surface area contributed by atoms with E-state index < -0.39 is 95.7 Å². The van der Waals surface area contributed by atoms with Gasteiger partial charge in [0.2, 0.25) is 5.78 Å². The minimum absolute atomic E-state index is 0.0173. The van der Waals surface area contributed by atoms with Crippen molar-refractivity contribution >= 4 is 17.3 Å². The van der Waals surface area contributed by atoms with Crippen molar-refractivity contribution in [2.75, 3.05) is 13.7 Å². The third-order valence-electron chi connectivity index (χ3n) is 7.81. The number of carbonyl (C=O) groups is 3. The summed E-state index contributed by atoms with van der Waals surface area (Å²) in [5.74, 6) is -3.77. The van der Waals surface area contributed by atoms with Gasteiger partial charge in [-0.25, -0.2) is 0 Å². The minimum atomic E-state index is -2.24. The number of Topliss-reactive ketones (excluding diaryl/α,β-unsaturated/α-hetero) is 1. The number of carbonyl (C=O) groups excluding carboxylic acids is 3. The van der Waals surface area contributed by atoms with Crippen LogP contribution in [0, 0.1) is 0 Å². The average Bonchev–Trinajstić information content (AvgIpc) is 2.90. The second-order valence-electron chi connectivity index (χ2n) is 10.2. The molecule has 1 heterocycles. The number of hydrogen-bond acceptors (Lipinski definition) is 12. The van der Waals surface area contributed by atoms with Crippen molar-refractivity contribution in [1.82, 2.24) is 0 Å². The van der Waals surface area contributed by atoms with Gasteiger partial charge in [-0.1, -0.05) is 12.1 Å². The van der Waals surface area contributed by atoms with Crippen molar-refractivity contribution in [2.45, 2.75) is 62.4 Å². The van der Waals surface area contributed by atoms with Gasteiger partial charge in [0.15, 0.2) is 17.9 Å². The number of phenolic OH excluding ortho intramolecular Hbond substituents is 2. The van der Waals surface area contributed by atoms with Crippen molar-refractivity contribution < 1.29 is 54.1 Å². The Balaban J connectivity index is 1.69. The van der Waals surface area contributed by atoms with E-state index in [2.05, 4.69) is 0 Å². The van der Waals surface area contributed by atoms with Gasteiger partial charge >= 0.3 is 0 Å².